The van der Waals surface area contributed by atoms with Crippen LogP contribution in [0.1, 0.15) is 32.5 Å². The van der Waals surface area contributed by atoms with Crippen molar-refractivity contribution < 1.29 is 0 Å². The maximum absolute atomic E-state index is 4.24. The van der Waals surface area contributed by atoms with Gasteiger partial charge in [0, 0.05) is 17.9 Å². The van der Waals surface area contributed by atoms with Crippen LogP contribution in [0.15, 0.2) is 6.33 Å². The molecule has 1 unspecified atom stereocenters. The van der Waals surface area contributed by atoms with Crippen molar-refractivity contribution in [1.82, 2.24) is 20.1 Å². The van der Waals surface area contributed by atoms with Crippen LogP contribution in [0.5, 0.6) is 0 Å². The summed E-state index contributed by atoms with van der Waals surface area (Å²) in [5.41, 5.74) is 0. The van der Waals surface area contributed by atoms with Crippen molar-refractivity contribution in [3.8, 4) is 0 Å². The minimum absolute atomic E-state index is 0.510. The van der Waals surface area contributed by atoms with Gasteiger partial charge in [-0.1, -0.05) is 22.9 Å². The molecule has 1 atom stereocenters. The normalized spacial score (nSPS) is 13.0. The maximum atomic E-state index is 4.24. The zero-order valence-corrected chi connectivity index (χ0v) is 11.0. The quantitative estimate of drug-likeness (QED) is 0.773. The lowest BCUT2D eigenvalue weighted by molar-refractivity contribution is 0.493. The molecule has 0 fully saturated rings. The summed E-state index contributed by atoms with van der Waals surface area (Å²) in [5, 5.41) is 8.65. The van der Waals surface area contributed by atoms with Crippen molar-refractivity contribution in [1.29, 1.82) is 0 Å². The third kappa shape index (κ3) is 4.30. The van der Waals surface area contributed by atoms with Gasteiger partial charge < -0.3 is 5.32 Å². The monoisotopic (exact) mass is 274 g/mol. The topological polar surface area (TPSA) is 42.7 Å². The minimum atomic E-state index is 0.510. The number of aromatic nitrogens is 3. The SMILES string of the molecule is CCCn1ncnc1CNC(C)CCBr. The molecule has 0 saturated carbocycles. The van der Waals surface area contributed by atoms with E-state index in [9.17, 15) is 0 Å². The Labute approximate surface area is 99.6 Å². The fourth-order valence-electron chi connectivity index (χ4n) is 1.35. The average molecular weight is 275 g/mol. The van der Waals surface area contributed by atoms with Gasteiger partial charge in [-0.05, 0) is 19.8 Å². The van der Waals surface area contributed by atoms with Gasteiger partial charge in [-0.2, -0.15) is 5.10 Å². The van der Waals surface area contributed by atoms with Gasteiger partial charge >= 0.3 is 0 Å². The second kappa shape index (κ2) is 6.95. The van der Waals surface area contributed by atoms with Crippen LogP contribution in [0.2, 0.25) is 0 Å². The molecular weight excluding hydrogens is 256 g/mol. The first kappa shape index (κ1) is 12.6. The highest BCUT2D eigenvalue weighted by molar-refractivity contribution is 9.09. The molecule has 1 rings (SSSR count). The average Bonchev–Trinajstić information content (AvgIpc) is 2.64. The lowest BCUT2D eigenvalue weighted by atomic mass is 10.2. The van der Waals surface area contributed by atoms with Crippen molar-refractivity contribution in [2.75, 3.05) is 5.33 Å². The molecule has 5 heteroatoms. The Bertz CT molecular complexity index is 274. The molecule has 0 radical (unpaired) electrons. The van der Waals surface area contributed by atoms with Gasteiger partial charge in [0.15, 0.2) is 0 Å². The highest BCUT2D eigenvalue weighted by Gasteiger charge is 2.05. The molecule has 0 aromatic carbocycles. The Morgan fingerprint density at radius 2 is 2.40 bits per heavy atom. The van der Waals surface area contributed by atoms with Gasteiger partial charge in [-0.3, -0.25) is 0 Å². The molecule has 0 aliphatic rings. The lowest BCUT2D eigenvalue weighted by Gasteiger charge is -2.12. The second-order valence-electron chi connectivity index (χ2n) is 3.66. The Hall–Kier alpha value is -0.420. The second-order valence-corrected chi connectivity index (χ2v) is 4.45. The van der Waals surface area contributed by atoms with Gasteiger partial charge in [0.05, 0.1) is 6.54 Å². The van der Waals surface area contributed by atoms with Crippen LogP contribution < -0.4 is 5.32 Å². The first-order valence-corrected chi connectivity index (χ1v) is 6.56. The van der Waals surface area contributed by atoms with Crippen molar-refractivity contribution >= 4 is 15.9 Å². The van der Waals surface area contributed by atoms with Crippen LogP contribution in [0, 0.1) is 0 Å². The van der Waals surface area contributed by atoms with Crippen LogP contribution in [0.3, 0.4) is 0 Å². The molecule has 0 aliphatic carbocycles. The van der Waals surface area contributed by atoms with Crippen LogP contribution in [0.25, 0.3) is 0 Å². The summed E-state index contributed by atoms with van der Waals surface area (Å²) in [6, 6.07) is 0.510. The number of alkyl halides is 1. The molecule has 1 N–H and O–H groups in total. The summed E-state index contributed by atoms with van der Waals surface area (Å²) in [4.78, 5) is 4.24. The molecular formula is C10H19BrN4. The van der Waals surface area contributed by atoms with Crippen molar-refractivity contribution in [3.05, 3.63) is 12.2 Å². The minimum Gasteiger partial charge on any atom is -0.307 e. The number of aryl methyl sites for hydroxylation is 1. The Balaban J connectivity index is 2.39. The van der Waals surface area contributed by atoms with E-state index in [-0.39, 0.29) is 0 Å². The fraction of sp³-hybridized carbons (Fsp3) is 0.800. The summed E-state index contributed by atoms with van der Waals surface area (Å²) < 4.78 is 1.97. The van der Waals surface area contributed by atoms with Crippen molar-refractivity contribution in [3.63, 3.8) is 0 Å². The molecule has 4 nitrogen and oxygen atoms in total. The van der Waals surface area contributed by atoms with Gasteiger partial charge in [0.25, 0.3) is 0 Å². The van der Waals surface area contributed by atoms with E-state index < -0.39 is 0 Å². The van der Waals surface area contributed by atoms with Crippen LogP contribution >= 0.6 is 15.9 Å². The number of hydrogen-bond donors (Lipinski definition) is 1. The smallest absolute Gasteiger partial charge is 0.140 e. The highest BCUT2D eigenvalue weighted by Crippen LogP contribution is 1.99. The summed E-state index contributed by atoms with van der Waals surface area (Å²) in [7, 11) is 0. The van der Waals surface area contributed by atoms with Gasteiger partial charge in [0.2, 0.25) is 0 Å². The number of rotatable bonds is 7. The van der Waals surface area contributed by atoms with E-state index >= 15 is 0 Å². The van der Waals surface area contributed by atoms with Crippen LogP contribution in [-0.2, 0) is 13.1 Å². The predicted octanol–water partition coefficient (Wildman–Crippen LogP) is 1.95. The van der Waals surface area contributed by atoms with Gasteiger partial charge in [-0.25, -0.2) is 9.67 Å². The van der Waals surface area contributed by atoms with E-state index in [2.05, 4.69) is 45.2 Å². The first-order valence-electron chi connectivity index (χ1n) is 5.44. The molecule has 1 aromatic heterocycles. The van der Waals surface area contributed by atoms with Crippen LogP contribution in [-0.4, -0.2) is 26.1 Å². The van der Waals surface area contributed by atoms with E-state index in [4.69, 9.17) is 0 Å². The standard InChI is InChI=1S/C10H19BrN4/c1-3-6-15-10(13-8-14-15)7-12-9(2)4-5-11/h8-9,12H,3-7H2,1-2H3. The molecule has 0 amide bonds. The molecule has 0 spiro atoms. The first-order chi connectivity index (χ1) is 7.27. The highest BCUT2D eigenvalue weighted by atomic mass is 79.9. The summed E-state index contributed by atoms with van der Waals surface area (Å²) in [6.45, 7) is 6.08. The van der Waals surface area contributed by atoms with Crippen LogP contribution in [0.4, 0.5) is 0 Å². The zero-order valence-electron chi connectivity index (χ0n) is 9.41. The molecule has 1 heterocycles. The molecule has 15 heavy (non-hydrogen) atoms. The van der Waals surface area contributed by atoms with Crippen molar-refractivity contribution in [2.45, 2.75) is 45.8 Å². The molecule has 86 valence electrons. The summed E-state index contributed by atoms with van der Waals surface area (Å²) in [6.07, 6.45) is 3.84. The molecule has 0 saturated heterocycles. The Kier molecular flexibility index (Phi) is 5.86. The third-order valence-corrected chi connectivity index (χ3v) is 2.74. The maximum Gasteiger partial charge on any atom is 0.140 e. The Morgan fingerprint density at radius 3 is 3.07 bits per heavy atom. The number of hydrogen-bond acceptors (Lipinski definition) is 3. The van der Waals surface area contributed by atoms with Gasteiger partial charge in [-0.15, -0.1) is 0 Å². The van der Waals surface area contributed by atoms with E-state index in [1.165, 1.54) is 0 Å². The number of halogens is 1. The van der Waals surface area contributed by atoms with E-state index in [1.54, 1.807) is 6.33 Å². The molecule has 1 aromatic rings. The number of nitrogens with one attached hydrogen (secondary N) is 1. The van der Waals surface area contributed by atoms with E-state index in [1.807, 2.05) is 4.68 Å². The fourth-order valence-corrected chi connectivity index (χ4v) is 2.04. The van der Waals surface area contributed by atoms with Gasteiger partial charge in [0.1, 0.15) is 12.2 Å². The lowest BCUT2D eigenvalue weighted by Crippen LogP contribution is -2.27. The van der Waals surface area contributed by atoms with E-state index in [0.29, 0.717) is 6.04 Å². The summed E-state index contributed by atoms with van der Waals surface area (Å²) in [5.74, 6) is 1.03. The van der Waals surface area contributed by atoms with E-state index in [0.717, 1.165) is 37.1 Å². The zero-order chi connectivity index (χ0) is 11.1. The Morgan fingerprint density at radius 1 is 1.60 bits per heavy atom. The van der Waals surface area contributed by atoms with Crippen molar-refractivity contribution in [2.24, 2.45) is 0 Å². The molecule has 0 aliphatic heterocycles. The third-order valence-electron chi connectivity index (χ3n) is 2.28. The molecule has 0 bridgehead atoms. The predicted molar refractivity (Wildman–Crippen MR) is 65.0 cm³/mol. The number of nitrogens with zero attached hydrogens (tertiary/aromatic N) is 3. The summed E-state index contributed by atoms with van der Waals surface area (Å²) >= 11 is 3.43. The largest absolute Gasteiger partial charge is 0.307 e.